The fourth-order valence-electron chi connectivity index (χ4n) is 15.3. The van der Waals surface area contributed by atoms with Gasteiger partial charge in [0.15, 0.2) is 0 Å². The predicted octanol–water partition coefficient (Wildman–Crippen LogP) is 19.7. The van der Waals surface area contributed by atoms with Crippen molar-refractivity contribution in [2.75, 3.05) is 0 Å². The second kappa shape index (κ2) is 16.5. The highest BCUT2D eigenvalue weighted by atomic mass is 15.0. The van der Waals surface area contributed by atoms with Crippen LogP contribution in [0.3, 0.4) is 0 Å². The van der Waals surface area contributed by atoms with Crippen molar-refractivity contribution in [2.45, 2.75) is 12.8 Å². The molecule has 380 valence electrons. The van der Waals surface area contributed by atoms with Gasteiger partial charge in [0.25, 0.3) is 0 Å². The Kier molecular flexibility index (Phi) is 8.87. The summed E-state index contributed by atoms with van der Waals surface area (Å²) in [7, 11) is 0. The van der Waals surface area contributed by atoms with Crippen molar-refractivity contribution in [3.63, 3.8) is 0 Å². The topological polar surface area (TPSA) is 18.7 Å². The average Bonchev–Trinajstić information content (AvgIpc) is 2.90. The van der Waals surface area contributed by atoms with Crippen LogP contribution in [0.1, 0.15) is 12.0 Å². The summed E-state index contributed by atoms with van der Waals surface area (Å²) < 4.78 is 10.5. The normalized spacial score (nSPS) is 12.9. The molecule has 6 heterocycles. The number of hydrogen-bond donors (Lipinski definition) is 0. The first kappa shape index (κ1) is 44.2. The highest BCUT2D eigenvalue weighted by molar-refractivity contribution is 6.37. The van der Waals surface area contributed by atoms with Crippen LogP contribution in [0.2, 0.25) is 0 Å². The van der Waals surface area contributed by atoms with E-state index in [2.05, 4.69) is 285 Å². The molecule has 0 N–H and O–H groups in total. The molecule has 4 heteroatoms. The van der Waals surface area contributed by atoms with Crippen molar-refractivity contribution in [3.05, 3.63) is 272 Å². The second-order valence-corrected chi connectivity index (χ2v) is 22.5. The van der Waals surface area contributed by atoms with E-state index in [1.165, 1.54) is 164 Å². The molecular weight excluding hydrogens is 993 g/mol. The van der Waals surface area contributed by atoms with Crippen molar-refractivity contribution in [1.29, 1.82) is 0 Å². The zero-order valence-corrected chi connectivity index (χ0v) is 44.6. The van der Waals surface area contributed by atoms with E-state index in [9.17, 15) is 0 Å². The van der Waals surface area contributed by atoms with Crippen LogP contribution in [0, 0.1) is 0 Å². The maximum Gasteiger partial charge on any atom is 0.0641 e. The third-order valence-corrected chi connectivity index (χ3v) is 18.4. The zero-order chi connectivity index (χ0) is 53.3. The molecular formula is C78H48N4. The predicted molar refractivity (Wildman–Crippen MR) is 345 cm³/mol. The molecule has 6 aromatic heterocycles. The number of aryl methyl sites for hydroxylation is 1. The van der Waals surface area contributed by atoms with E-state index < -0.39 is 0 Å². The van der Waals surface area contributed by atoms with Crippen molar-refractivity contribution in [1.82, 2.24) is 17.9 Å². The minimum absolute atomic E-state index is 0.936. The lowest BCUT2D eigenvalue weighted by atomic mass is 9.87. The summed E-state index contributed by atoms with van der Waals surface area (Å²) in [4.78, 5) is 0. The summed E-state index contributed by atoms with van der Waals surface area (Å²) in [6.45, 7) is 0. The van der Waals surface area contributed by atoms with Gasteiger partial charge in [0, 0.05) is 81.6 Å². The minimum atomic E-state index is 0.936. The van der Waals surface area contributed by atoms with Gasteiger partial charge >= 0.3 is 0 Å². The molecule has 1 aliphatic rings. The summed E-state index contributed by atoms with van der Waals surface area (Å²) >= 11 is 0. The quantitative estimate of drug-likeness (QED) is 0.158. The van der Waals surface area contributed by atoms with Crippen LogP contribution in [-0.2, 0) is 6.42 Å². The van der Waals surface area contributed by atoms with Gasteiger partial charge in [-0.2, -0.15) is 0 Å². The molecule has 4 nitrogen and oxygen atoms in total. The first-order chi connectivity index (χ1) is 40.8. The Morgan fingerprint density at radius 2 is 0.683 bits per heavy atom. The van der Waals surface area contributed by atoms with E-state index in [1.807, 2.05) is 0 Å². The van der Waals surface area contributed by atoms with Crippen LogP contribution < -0.4 is 5.22 Å². The molecule has 82 heavy (non-hydrogen) atoms. The molecule has 0 radical (unpaired) electrons. The van der Waals surface area contributed by atoms with Gasteiger partial charge in [-0.1, -0.05) is 218 Å². The molecule has 0 amide bonds. The molecule has 0 fully saturated rings. The molecule has 12 aromatic carbocycles. The molecule has 1 aliphatic carbocycles. The molecule has 0 aliphatic heterocycles. The Morgan fingerprint density at radius 1 is 0.256 bits per heavy atom. The number of para-hydroxylation sites is 3. The van der Waals surface area contributed by atoms with Gasteiger partial charge in [-0.3, -0.25) is 0 Å². The van der Waals surface area contributed by atoms with Gasteiger partial charge in [0.05, 0.1) is 55.2 Å². The SMILES string of the molecule is C1=c2c3c4c(ccc3n3c2c(c2c(-c5ccccc5)c5c(c(-c6ccccc6)c23)c2cccc3c6c7c(ccc6n5c23)c2ccccc2n7-c2cccc(-c3ccccc3)c2)CC1)c1ccccc1n4-c1cccc(-c2ccccc2)c1. The number of nitrogens with zero attached hydrogens (tertiary/aromatic N) is 4. The van der Waals surface area contributed by atoms with Crippen molar-refractivity contribution in [3.8, 4) is 55.9 Å². The molecule has 0 saturated heterocycles. The van der Waals surface area contributed by atoms with Gasteiger partial charge in [-0.15, -0.1) is 0 Å². The molecule has 0 saturated carbocycles. The highest BCUT2D eigenvalue weighted by Gasteiger charge is 2.33. The van der Waals surface area contributed by atoms with E-state index in [4.69, 9.17) is 0 Å². The van der Waals surface area contributed by atoms with Gasteiger partial charge in [-0.05, 0) is 100 Å². The number of hydrogen-bond acceptors (Lipinski definition) is 0. The van der Waals surface area contributed by atoms with E-state index in [0.717, 1.165) is 24.2 Å². The Hall–Kier alpha value is -10.7. The Labute approximate surface area is 470 Å². The maximum atomic E-state index is 2.71. The van der Waals surface area contributed by atoms with Gasteiger partial charge < -0.3 is 17.9 Å². The Morgan fingerprint density at radius 3 is 1.26 bits per heavy atom. The summed E-state index contributed by atoms with van der Waals surface area (Å²) in [6, 6.07) is 97.2. The number of benzene rings is 12. The van der Waals surface area contributed by atoms with Gasteiger partial charge in [0.1, 0.15) is 0 Å². The van der Waals surface area contributed by atoms with Crippen molar-refractivity contribution in [2.24, 2.45) is 0 Å². The summed E-state index contributed by atoms with van der Waals surface area (Å²) in [5.41, 5.74) is 26.1. The van der Waals surface area contributed by atoms with E-state index in [0.29, 0.717) is 0 Å². The first-order valence-corrected chi connectivity index (χ1v) is 28.7. The third-order valence-electron chi connectivity index (χ3n) is 18.4. The van der Waals surface area contributed by atoms with Crippen LogP contribution in [0.15, 0.2) is 261 Å². The van der Waals surface area contributed by atoms with Gasteiger partial charge in [0.2, 0.25) is 0 Å². The van der Waals surface area contributed by atoms with Crippen molar-refractivity contribution < 1.29 is 0 Å². The van der Waals surface area contributed by atoms with Crippen molar-refractivity contribution >= 4 is 115 Å². The lowest BCUT2D eigenvalue weighted by Crippen LogP contribution is -2.07. The first-order valence-electron chi connectivity index (χ1n) is 28.7. The van der Waals surface area contributed by atoms with Crippen LogP contribution in [0.5, 0.6) is 0 Å². The fraction of sp³-hybridized carbons (Fsp3) is 0.0256. The van der Waals surface area contributed by atoms with E-state index in [-0.39, 0.29) is 0 Å². The number of fused-ring (bicyclic) bond motifs is 20. The molecule has 0 spiro atoms. The fourth-order valence-corrected chi connectivity index (χ4v) is 15.3. The lowest BCUT2D eigenvalue weighted by Gasteiger charge is -2.17. The van der Waals surface area contributed by atoms with Crippen LogP contribution in [0.4, 0.5) is 0 Å². The largest absolute Gasteiger partial charge is 0.309 e. The highest BCUT2D eigenvalue weighted by Crippen LogP contribution is 2.54. The zero-order valence-electron chi connectivity index (χ0n) is 44.6. The van der Waals surface area contributed by atoms with Crippen LogP contribution in [0.25, 0.3) is 171 Å². The van der Waals surface area contributed by atoms with Crippen LogP contribution >= 0.6 is 0 Å². The molecule has 18 aromatic rings. The van der Waals surface area contributed by atoms with Gasteiger partial charge in [-0.25, -0.2) is 0 Å². The smallest absolute Gasteiger partial charge is 0.0641 e. The molecule has 0 unspecified atom stereocenters. The molecule has 0 bridgehead atoms. The summed E-state index contributed by atoms with van der Waals surface area (Å²) in [5, 5.41) is 14.1. The maximum absolute atomic E-state index is 2.71. The minimum Gasteiger partial charge on any atom is -0.309 e. The Bertz CT molecular complexity index is 5780. The summed E-state index contributed by atoms with van der Waals surface area (Å²) in [5.74, 6) is 0. The third kappa shape index (κ3) is 5.74. The average molecular weight is 1040 g/mol. The van der Waals surface area contributed by atoms with E-state index in [1.54, 1.807) is 0 Å². The lowest BCUT2D eigenvalue weighted by molar-refractivity contribution is 1.05. The number of aromatic nitrogens is 4. The monoisotopic (exact) mass is 1040 g/mol. The second-order valence-electron chi connectivity index (χ2n) is 22.5. The number of rotatable bonds is 6. The molecule has 19 rings (SSSR count). The van der Waals surface area contributed by atoms with Crippen LogP contribution in [-0.4, -0.2) is 17.9 Å². The standard InChI is InChI=1S/C78H48N4/c1-5-21-47(22-6-1)51-29-17-31-53(45-51)79-63-39-15-13-33-55(63)57-41-43-65-69(75(57)79)59-35-19-37-61-71-68(50-27-11-4-12-28-50)78-72(67(49-25-9-3-10-26-49)77(71)81(65)73(59)61)62-38-20-36-60-70-66(82(78)74(60)62)44-42-58-56-34-14-16-40-64(56)80(76(58)70)54-32-18-30-52(46-54)48-23-7-2-8-24-48/h1-19,21-37,39-46H,20,38H2. The summed E-state index contributed by atoms with van der Waals surface area (Å²) in [6.07, 6.45) is 4.44. The van der Waals surface area contributed by atoms with E-state index >= 15 is 0 Å². The Balaban J connectivity index is 0.999. The molecule has 0 atom stereocenters.